The van der Waals surface area contributed by atoms with Gasteiger partial charge in [0.25, 0.3) is 0 Å². The first-order valence-corrected chi connectivity index (χ1v) is 9.21. The second kappa shape index (κ2) is 24.5. The number of hydrogen-bond acceptors (Lipinski definition) is 1. The maximum absolute atomic E-state index is 3.36. The van der Waals surface area contributed by atoms with E-state index < -0.39 is 0 Å². The molecule has 0 saturated heterocycles. The third-order valence-corrected chi connectivity index (χ3v) is 2.92. The van der Waals surface area contributed by atoms with Gasteiger partial charge in [0.15, 0.2) is 0 Å². The third-order valence-electron chi connectivity index (χ3n) is 2.92. The zero-order valence-electron chi connectivity index (χ0n) is 16.3. The minimum absolute atomic E-state index is 0. The Balaban J connectivity index is -0.000000192. The second-order valence-electron chi connectivity index (χ2n) is 4.54. The lowest BCUT2D eigenvalue weighted by Crippen LogP contribution is -1.89. The first-order valence-electron chi connectivity index (χ1n) is 9.21. The molecule has 0 atom stereocenters. The van der Waals surface area contributed by atoms with Crippen molar-refractivity contribution < 1.29 is 0 Å². The van der Waals surface area contributed by atoms with E-state index in [1.54, 1.807) is 0 Å². The highest BCUT2D eigenvalue weighted by Crippen LogP contribution is 2.16. The van der Waals surface area contributed by atoms with Crippen LogP contribution in [0.3, 0.4) is 0 Å². The number of para-hydroxylation sites is 1. The number of unbranched alkanes of at least 4 members (excludes halogenated alkanes) is 1. The van der Waals surface area contributed by atoms with E-state index in [-0.39, 0.29) is 14.9 Å². The van der Waals surface area contributed by atoms with Gasteiger partial charge in [0.2, 0.25) is 0 Å². The van der Waals surface area contributed by atoms with Crippen LogP contribution in [0.15, 0.2) is 54.6 Å². The fourth-order valence-electron chi connectivity index (χ4n) is 1.51. The second-order valence-corrected chi connectivity index (χ2v) is 4.54. The van der Waals surface area contributed by atoms with Gasteiger partial charge < -0.3 is 5.32 Å². The van der Waals surface area contributed by atoms with Crippen LogP contribution < -0.4 is 5.32 Å². The van der Waals surface area contributed by atoms with Crippen molar-refractivity contribution in [3.8, 4) is 0 Å². The fraction of sp³-hybridized carbons (Fsp3) is 0.500. The van der Waals surface area contributed by atoms with Crippen LogP contribution in [-0.4, -0.2) is 0 Å². The summed E-state index contributed by atoms with van der Waals surface area (Å²) in [5.74, 6) is 0. The highest BCUT2D eigenvalue weighted by Gasteiger charge is 1.93. The monoisotopic (exact) mass is 347 g/mol. The molecular formula is C24H45N. The number of benzene rings is 2. The molecule has 0 fully saturated rings. The molecule has 0 amide bonds. The lowest BCUT2D eigenvalue weighted by atomic mass is 10.1. The number of hydrogen-bond donors (Lipinski definition) is 1. The summed E-state index contributed by atoms with van der Waals surface area (Å²) in [5, 5.41) is 3.36. The first kappa shape index (κ1) is 31.1. The van der Waals surface area contributed by atoms with Crippen LogP contribution in [0, 0.1) is 0 Å². The molecule has 146 valence electrons. The van der Waals surface area contributed by atoms with Gasteiger partial charge in [0.1, 0.15) is 0 Å². The third kappa shape index (κ3) is 16.9. The van der Waals surface area contributed by atoms with Gasteiger partial charge in [-0.2, -0.15) is 0 Å². The van der Waals surface area contributed by atoms with E-state index in [1.165, 1.54) is 18.4 Å². The Morgan fingerprint density at radius 3 is 1.36 bits per heavy atom. The van der Waals surface area contributed by atoms with E-state index in [9.17, 15) is 0 Å². The summed E-state index contributed by atoms with van der Waals surface area (Å²) in [6.07, 6.45) is 3.73. The molecule has 0 spiro atoms. The highest BCUT2D eigenvalue weighted by molar-refractivity contribution is 5.59. The predicted octanol–water partition coefficient (Wildman–Crippen LogP) is 9.12. The standard InChI is InChI=1S/C14H15N.C4H10.2C2H6.2CH4/c1-2-12-8-10-14(11-9-12)15-13-6-4-3-5-7-13;1-3-4-2;2*1-2;;/h3-11,15H,2H2,1H3;3-4H2,1-2H3;2*1-2H3;2*1H4. The fourth-order valence-corrected chi connectivity index (χ4v) is 1.51. The summed E-state index contributed by atoms with van der Waals surface area (Å²) in [7, 11) is 0. The lowest BCUT2D eigenvalue weighted by Gasteiger charge is -2.06. The Bertz CT molecular complexity index is 429. The van der Waals surface area contributed by atoms with Crippen molar-refractivity contribution in [2.75, 3.05) is 5.32 Å². The average Bonchev–Trinajstić information content (AvgIpc) is 2.67. The zero-order chi connectivity index (χ0) is 17.9. The van der Waals surface area contributed by atoms with E-state index in [2.05, 4.69) is 62.5 Å². The van der Waals surface area contributed by atoms with Crippen LogP contribution in [0.1, 0.15) is 81.7 Å². The highest BCUT2D eigenvalue weighted by atomic mass is 14.9. The molecule has 0 bridgehead atoms. The molecule has 0 unspecified atom stereocenters. The quantitative estimate of drug-likeness (QED) is 0.581. The summed E-state index contributed by atoms with van der Waals surface area (Å²) in [5.41, 5.74) is 3.63. The van der Waals surface area contributed by atoms with E-state index in [0.717, 1.165) is 17.8 Å². The molecule has 0 radical (unpaired) electrons. The van der Waals surface area contributed by atoms with Crippen LogP contribution in [0.25, 0.3) is 0 Å². The van der Waals surface area contributed by atoms with Gasteiger partial charge in [-0.05, 0) is 36.2 Å². The number of nitrogens with one attached hydrogen (secondary N) is 1. The van der Waals surface area contributed by atoms with Crippen LogP contribution in [0.5, 0.6) is 0 Å². The molecule has 0 saturated carbocycles. The molecule has 0 heterocycles. The minimum Gasteiger partial charge on any atom is -0.356 e. The largest absolute Gasteiger partial charge is 0.356 e. The molecule has 2 aromatic rings. The van der Waals surface area contributed by atoms with Gasteiger partial charge in [0, 0.05) is 11.4 Å². The van der Waals surface area contributed by atoms with Gasteiger partial charge in [-0.3, -0.25) is 0 Å². The van der Waals surface area contributed by atoms with Crippen LogP contribution in [0.2, 0.25) is 0 Å². The summed E-state index contributed by atoms with van der Waals surface area (Å²) >= 11 is 0. The normalized spacial score (nSPS) is 7.64. The van der Waals surface area contributed by atoms with Gasteiger partial charge in [-0.1, -0.05) is 106 Å². The summed E-state index contributed by atoms with van der Waals surface area (Å²) in [4.78, 5) is 0. The SMILES string of the molecule is C.C.CC.CC.CCCC.CCc1ccc(Nc2ccccc2)cc1. The van der Waals surface area contributed by atoms with Crippen molar-refractivity contribution in [2.45, 2.75) is 82.6 Å². The Hall–Kier alpha value is -1.76. The van der Waals surface area contributed by atoms with Crippen molar-refractivity contribution in [1.82, 2.24) is 0 Å². The summed E-state index contributed by atoms with van der Waals surface area (Å²) in [6.45, 7) is 14.5. The molecular weight excluding hydrogens is 302 g/mol. The maximum Gasteiger partial charge on any atom is 0.0384 e. The molecule has 0 aromatic heterocycles. The molecule has 25 heavy (non-hydrogen) atoms. The van der Waals surface area contributed by atoms with Crippen molar-refractivity contribution in [2.24, 2.45) is 0 Å². The van der Waals surface area contributed by atoms with E-state index in [0.29, 0.717) is 0 Å². The Morgan fingerprint density at radius 1 is 0.600 bits per heavy atom. The number of aryl methyl sites for hydroxylation is 1. The van der Waals surface area contributed by atoms with Crippen LogP contribution >= 0.6 is 0 Å². The van der Waals surface area contributed by atoms with E-state index in [4.69, 9.17) is 0 Å². The van der Waals surface area contributed by atoms with Crippen molar-refractivity contribution >= 4 is 11.4 Å². The van der Waals surface area contributed by atoms with E-state index in [1.807, 2.05) is 45.9 Å². The number of anilines is 2. The topological polar surface area (TPSA) is 12.0 Å². The van der Waals surface area contributed by atoms with E-state index >= 15 is 0 Å². The first-order chi connectivity index (χ1) is 11.3. The maximum atomic E-state index is 3.36. The predicted molar refractivity (Wildman–Crippen MR) is 122 cm³/mol. The van der Waals surface area contributed by atoms with Crippen LogP contribution in [-0.2, 0) is 6.42 Å². The van der Waals surface area contributed by atoms with Gasteiger partial charge in [0.05, 0.1) is 0 Å². The molecule has 1 heteroatoms. The number of rotatable bonds is 4. The smallest absolute Gasteiger partial charge is 0.0384 e. The average molecular weight is 348 g/mol. The summed E-state index contributed by atoms with van der Waals surface area (Å²) in [6, 6.07) is 18.8. The Kier molecular flexibility index (Phi) is 30.4. The molecule has 2 aromatic carbocycles. The van der Waals surface area contributed by atoms with Gasteiger partial charge in [-0.15, -0.1) is 0 Å². The zero-order valence-corrected chi connectivity index (χ0v) is 16.3. The molecule has 1 nitrogen and oxygen atoms in total. The molecule has 2 rings (SSSR count). The Morgan fingerprint density at radius 2 is 1.00 bits per heavy atom. The Labute approximate surface area is 159 Å². The molecule has 0 aliphatic carbocycles. The van der Waals surface area contributed by atoms with Crippen molar-refractivity contribution in [3.05, 3.63) is 60.2 Å². The van der Waals surface area contributed by atoms with Gasteiger partial charge >= 0.3 is 0 Å². The molecule has 1 N–H and O–H groups in total. The molecule has 0 aliphatic rings. The van der Waals surface area contributed by atoms with Crippen molar-refractivity contribution in [1.29, 1.82) is 0 Å². The lowest BCUT2D eigenvalue weighted by molar-refractivity contribution is 0.886. The molecule has 0 aliphatic heterocycles. The van der Waals surface area contributed by atoms with Crippen LogP contribution in [0.4, 0.5) is 11.4 Å². The van der Waals surface area contributed by atoms with Crippen molar-refractivity contribution in [3.63, 3.8) is 0 Å². The summed E-state index contributed by atoms with van der Waals surface area (Å²) < 4.78 is 0. The minimum atomic E-state index is 0. The van der Waals surface area contributed by atoms with Gasteiger partial charge in [-0.25, -0.2) is 0 Å².